The minimum absolute atomic E-state index is 0.201. The number of hydroxylamine groups is 2. The molecule has 3 heterocycles. The first-order valence-corrected chi connectivity index (χ1v) is 14.4. The summed E-state index contributed by atoms with van der Waals surface area (Å²) in [6, 6.07) is 12.0. The molecule has 2 N–H and O–H groups in total. The fourth-order valence-electron chi connectivity index (χ4n) is 5.26. The number of hydrogen-bond donors (Lipinski definition) is 2. The zero-order chi connectivity index (χ0) is 31.6. The third-order valence-corrected chi connectivity index (χ3v) is 7.83. The molecule has 0 spiro atoms. The fourth-order valence-corrected chi connectivity index (χ4v) is 5.26. The van der Waals surface area contributed by atoms with Gasteiger partial charge in [-0.2, -0.15) is 0 Å². The Morgan fingerprint density at radius 3 is 2.55 bits per heavy atom. The van der Waals surface area contributed by atoms with Gasteiger partial charge in [-0.3, -0.25) is 4.79 Å². The van der Waals surface area contributed by atoms with Crippen molar-refractivity contribution in [2.45, 2.75) is 32.6 Å². The number of carbonyl (C=O) groups is 2. The van der Waals surface area contributed by atoms with Crippen LogP contribution in [0.2, 0.25) is 0 Å². The molecule has 2 aromatic heterocycles. The number of halogens is 1. The molecule has 2 aromatic carbocycles. The maximum Gasteiger partial charge on any atom is 0.428 e. The highest BCUT2D eigenvalue weighted by Gasteiger charge is 2.23. The summed E-state index contributed by atoms with van der Waals surface area (Å²) in [6.07, 6.45) is 3.66. The van der Waals surface area contributed by atoms with E-state index >= 15 is 4.39 Å². The van der Waals surface area contributed by atoms with E-state index in [0.29, 0.717) is 59.8 Å². The van der Waals surface area contributed by atoms with Crippen molar-refractivity contribution in [3.8, 4) is 11.3 Å². The van der Waals surface area contributed by atoms with Crippen LogP contribution in [0.3, 0.4) is 0 Å². The monoisotopic (exact) mass is 600 g/mol. The van der Waals surface area contributed by atoms with E-state index in [4.69, 9.17) is 9.57 Å². The summed E-state index contributed by atoms with van der Waals surface area (Å²) in [7, 11) is 4.94. The van der Waals surface area contributed by atoms with Crippen LogP contribution in [0.25, 0.3) is 27.9 Å². The molecule has 0 aliphatic carbocycles. The quantitative estimate of drug-likeness (QED) is 0.257. The number of nitrogens with zero attached hydrogens (tertiary/aromatic N) is 4. The Kier molecular flexibility index (Phi) is 8.80. The third-order valence-electron chi connectivity index (χ3n) is 7.83. The van der Waals surface area contributed by atoms with Crippen molar-refractivity contribution in [2.75, 3.05) is 46.2 Å². The summed E-state index contributed by atoms with van der Waals surface area (Å²) < 4.78 is 20.3. The molecule has 44 heavy (non-hydrogen) atoms. The van der Waals surface area contributed by atoms with Gasteiger partial charge in [-0.05, 0) is 60.4 Å². The van der Waals surface area contributed by atoms with Crippen LogP contribution in [-0.2, 0) is 15.0 Å². The fraction of sp³-hybridized carbons (Fsp3) is 0.333. The standard InChI is InChI=1S/C33H37FN6O4/c1-20-25(15-24(34)16-27(20)38-31(41)22-7-9-23(10-8-22)33(2,3)18-43-6)29-26-17-28(37-30(26)36-19-35-29)21-11-13-40(14-12-21)44-32(42)39(4)5/h7-11,15-17,19H,12-14,18H2,1-6H3,(H,38,41)(H,35,36,37). The van der Waals surface area contributed by atoms with Crippen molar-refractivity contribution in [3.63, 3.8) is 0 Å². The zero-order valence-corrected chi connectivity index (χ0v) is 25.8. The molecule has 0 radical (unpaired) electrons. The summed E-state index contributed by atoms with van der Waals surface area (Å²) in [5.74, 6) is -0.838. The van der Waals surface area contributed by atoms with E-state index in [-0.39, 0.29) is 11.3 Å². The molecular formula is C33H37FN6O4. The van der Waals surface area contributed by atoms with E-state index in [1.165, 1.54) is 23.4 Å². The minimum Gasteiger partial charge on any atom is -0.384 e. The van der Waals surface area contributed by atoms with Crippen molar-refractivity contribution >= 4 is 34.3 Å². The predicted molar refractivity (Wildman–Crippen MR) is 168 cm³/mol. The van der Waals surface area contributed by atoms with Gasteiger partial charge >= 0.3 is 6.09 Å². The molecule has 5 rings (SSSR count). The Balaban J connectivity index is 1.39. The van der Waals surface area contributed by atoms with Gasteiger partial charge in [-0.15, -0.1) is 5.06 Å². The van der Waals surface area contributed by atoms with Gasteiger partial charge in [0.15, 0.2) is 0 Å². The van der Waals surface area contributed by atoms with Crippen LogP contribution in [0.4, 0.5) is 14.9 Å². The highest BCUT2D eigenvalue weighted by Crippen LogP contribution is 2.35. The normalized spacial score (nSPS) is 13.9. The number of nitrogens with one attached hydrogen (secondary N) is 2. The molecule has 1 aliphatic heterocycles. The number of H-pyrrole nitrogens is 1. The first-order chi connectivity index (χ1) is 21.0. The SMILES string of the molecule is COCC(C)(C)c1ccc(C(=O)Nc2cc(F)cc(-c3ncnc4[nH]c(C5=CCN(OC(=O)N(C)C)CC5)cc34)c2C)cc1. The number of rotatable bonds is 8. The number of carbonyl (C=O) groups excluding carboxylic acids is 2. The highest BCUT2D eigenvalue weighted by molar-refractivity contribution is 6.05. The lowest BCUT2D eigenvalue weighted by molar-refractivity contribution is -0.101. The zero-order valence-electron chi connectivity index (χ0n) is 25.8. The van der Waals surface area contributed by atoms with E-state index in [9.17, 15) is 9.59 Å². The summed E-state index contributed by atoms with van der Waals surface area (Å²) >= 11 is 0. The van der Waals surface area contributed by atoms with Crippen LogP contribution >= 0.6 is 0 Å². The number of amides is 2. The molecule has 0 unspecified atom stereocenters. The largest absolute Gasteiger partial charge is 0.428 e. The molecule has 4 aromatic rings. The lowest BCUT2D eigenvalue weighted by atomic mass is 9.85. The lowest BCUT2D eigenvalue weighted by Crippen LogP contribution is -2.35. The number of methoxy groups -OCH3 is 1. The molecule has 2 amide bonds. The predicted octanol–water partition coefficient (Wildman–Crippen LogP) is 5.95. The number of hydrogen-bond acceptors (Lipinski definition) is 7. The van der Waals surface area contributed by atoms with Gasteiger partial charge in [0.25, 0.3) is 5.91 Å². The van der Waals surface area contributed by atoms with Crippen LogP contribution in [0, 0.1) is 12.7 Å². The average molecular weight is 601 g/mol. The molecular weight excluding hydrogens is 563 g/mol. The van der Waals surface area contributed by atoms with Crippen molar-refractivity contribution in [1.29, 1.82) is 0 Å². The van der Waals surface area contributed by atoms with Crippen LogP contribution in [0.5, 0.6) is 0 Å². The second kappa shape index (κ2) is 12.6. The number of fused-ring (bicyclic) bond motifs is 1. The van der Waals surface area contributed by atoms with E-state index in [1.54, 1.807) is 38.4 Å². The van der Waals surface area contributed by atoms with Crippen LogP contribution in [0.15, 0.2) is 54.9 Å². The maximum atomic E-state index is 15.0. The van der Waals surface area contributed by atoms with Gasteiger partial charge in [0.1, 0.15) is 17.8 Å². The second-order valence-corrected chi connectivity index (χ2v) is 11.8. The van der Waals surface area contributed by atoms with Crippen LogP contribution < -0.4 is 5.32 Å². The van der Waals surface area contributed by atoms with E-state index in [0.717, 1.165) is 22.2 Å². The molecule has 0 saturated carbocycles. The summed E-state index contributed by atoms with van der Waals surface area (Å²) in [6.45, 7) is 7.52. The van der Waals surface area contributed by atoms with E-state index in [2.05, 4.69) is 34.1 Å². The van der Waals surface area contributed by atoms with Gasteiger partial charge in [0, 0.05) is 61.1 Å². The molecule has 0 fully saturated rings. The van der Waals surface area contributed by atoms with Crippen LogP contribution in [0.1, 0.15) is 47.4 Å². The molecule has 0 bridgehead atoms. The second-order valence-electron chi connectivity index (χ2n) is 11.8. The average Bonchev–Trinajstić information content (AvgIpc) is 3.44. The van der Waals surface area contributed by atoms with Gasteiger partial charge in [-0.25, -0.2) is 19.2 Å². The topological polar surface area (TPSA) is 113 Å². The number of aromatic amines is 1. The number of aromatic nitrogens is 3. The first kappa shape index (κ1) is 30.8. The molecule has 230 valence electrons. The Hall–Kier alpha value is -4.61. The van der Waals surface area contributed by atoms with Gasteiger partial charge in [0.05, 0.1) is 18.8 Å². The smallest absolute Gasteiger partial charge is 0.384 e. The van der Waals surface area contributed by atoms with Crippen LogP contribution in [-0.4, -0.2) is 77.8 Å². The summed E-state index contributed by atoms with van der Waals surface area (Å²) in [5, 5.41) is 5.22. The minimum atomic E-state index is -0.498. The summed E-state index contributed by atoms with van der Waals surface area (Å²) in [4.78, 5) is 44.1. The highest BCUT2D eigenvalue weighted by atomic mass is 19.1. The molecule has 11 heteroatoms. The van der Waals surface area contributed by atoms with Crippen molar-refractivity contribution < 1.29 is 23.6 Å². The van der Waals surface area contributed by atoms with E-state index in [1.807, 2.05) is 31.2 Å². The number of ether oxygens (including phenoxy) is 1. The lowest BCUT2D eigenvalue weighted by Gasteiger charge is -2.25. The third kappa shape index (κ3) is 6.48. The van der Waals surface area contributed by atoms with Crippen molar-refractivity contribution in [3.05, 3.63) is 83.1 Å². The number of benzene rings is 2. The van der Waals surface area contributed by atoms with Gasteiger partial charge in [0.2, 0.25) is 0 Å². The van der Waals surface area contributed by atoms with Crippen molar-refractivity contribution in [2.24, 2.45) is 0 Å². The Morgan fingerprint density at radius 1 is 1.14 bits per heavy atom. The number of anilines is 1. The Morgan fingerprint density at radius 2 is 1.89 bits per heavy atom. The molecule has 0 saturated heterocycles. The van der Waals surface area contributed by atoms with Gasteiger partial charge < -0.3 is 24.8 Å². The molecule has 10 nitrogen and oxygen atoms in total. The maximum absolute atomic E-state index is 15.0. The first-order valence-electron chi connectivity index (χ1n) is 14.4. The van der Waals surface area contributed by atoms with Crippen molar-refractivity contribution in [1.82, 2.24) is 24.9 Å². The Bertz CT molecular complexity index is 1730. The van der Waals surface area contributed by atoms with Gasteiger partial charge in [-0.1, -0.05) is 32.1 Å². The molecule has 1 aliphatic rings. The summed E-state index contributed by atoms with van der Waals surface area (Å²) in [5.41, 5.74) is 5.96. The Labute approximate surface area is 255 Å². The molecule has 0 atom stereocenters. The van der Waals surface area contributed by atoms with E-state index < -0.39 is 11.9 Å².